The predicted molar refractivity (Wildman–Crippen MR) is 84.4 cm³/mol. The minimum atomic E-state index is -1.33. The second-order valence-electron chi connectivity index (χ2n) is 6.39. The summed E-state index contributed by atoms with van der Waals surface area (Å²) in [5, 5.41) is 0. The van der Waals surface area contributed by atoms with Crippen LogP contribution in [0.2, 0.25) is 19.6 Å². The fourth-order valence-electron chi connectivity index (χ4n) is 2.33. The Hall–Kier alpha value is -1.35. The van der Waals surface area contributed by atoms with Gasteiger partial charge in [-0.15, -0.1) is 0 Å². The third-order valence-corrected chi connectivity index (χ3v) is 5.73. The van der Waals surface area contributed by atoms with Gasteiger partial charge in [0.2, 0.25) is 0 Å². The van der Waals surface area contributed by atoms with E-state index in [2.05, 4.69) is 74.0 Å². The molecule has 19 heavy (non-hydrogen) atoms. The number of aromatic nitrogens is 2. The van der Waals surface area contributed by atoms with Gasteiger partial charge in [-0.1, -0.05) is 44.8 Å². The second-order valence-corrected chi connectivity index (χ2v) is 11.2. The van der Waals surface area contributed by atoms with E-state index in [4.69, 9.17) is 0 Å². The van der Waals surface area contributed by atoms with Crippen molar-refractivity contribution in [3.05, 3.63) is 53.1 Å². The first-order chi connectivity index (χ1) is 8.80. The van der Waals surface area contributed by atoms with Crippen LogP contribution in [-0.4, -0.2) is 17.5 Å². The van der Waals surface area contributed by atoms with Gasteiger partial charge in [-0.05, 0) is 30.5 Å². The molecule has 3 heteroatoms. The molecule has 0 saturated carbocycles. The normalized spacial score (nSPS) is 13.6. The number of hydrogen-bond donors (Lipinski definition) is 0. The number of hydrogen-bond acceptors (Lipinski definition) is 1. The van der Waals surface area contributed by atoms with Gasteiger partial charge in [0.25, 0.3) is 0 Å². The SMILES string of the molecule is Cc1cccc(C(C)c2cn([Si](C)(C)C)cn2)c1C. The number of benzene rings is 1. The van der Waals surface area contributed by atoms with Crippen LogP contribution in [0.15, 0.2) is 30.7 Å². The molecule has 2 nitrogen and oxygen atoms in total. The zero-order valence-corrected chi connectivity index (χ0v) is 13.9. The summed E-state index contributed by atoms with van der Waals surface area (Å²) in [6.45, 7) is 13.6. The van der Waals surface area contributed by atoms with Crippen molar-refractivity contribution in [3.63, 3.8) is 0 Å². The minimum Gasteiger partial charge on any atom is -0.365 e. The molecular formula is C16H24N2Si. The van der Waals surface area contributed by atoms with Gasteiger partial charge in [0.15, 0.2) is 8.24 Å². The van der Waals surface area contributed by atoms with Crippen LogP contribution in [0.3, 0.4) is 0 Å². The van der Waals surface area contributed by atoms with E-state index in [1.54, 1.807) is 0 Å². The largest absolute Gasteiger partial charge is 0.365 e. The molecule has 102 valence electrons. The van der Waals surface area contributed by atoms with Gasteiger partial charge in [0, 0.05) is 12.1 Å². The van der Waals surface area contributed by atoms with E-state index in [9.17, 15) is 0 Å². The standard InChI is InChI=1S/C16H24N2Si/c1-12-8-7-9-15(13(12)2)14(3)16-10-18(11-17-16)19(4,5)6/h7-11,14H,1-6H3. The van der Waals surface area contributed by atoms with Crippen molar-refractivity contribution in [2.24, 2.45) is 0 Å². The average molecular weight is 272 g/mol. The van der Waals surface area contributed by atoms with Crippen LogP contribution in [0.5, 0.6) is 0 Å². The Morgan fingerprint density at radius 2 is 1.84 bits per heavy atom. The molecule has 0 fully saturated rings. The van der Waals surface area contributed by atoms with Gasteiger partial charge < -0.3 is 4.23 Å². The maximum atomic E-state index is 4.63. The monoisotopic (exact) mass is 272 g/mol. The maximum Gasteiger partial charge on any atom is 0.154 e. The molecule has 1 aromatic heterocycles. The zero-order valence-electron chi connectivity index (χ0n) is 12.9. The molecule has 1 atom stereocenters. The molecule has 1 aromatic carbocycles. The molecule has 0 radical (unpaired) electrons. The summed E-state index contributed by atoms with van der Waals surface area (Å²) >= 11 is 0. The second kappa shape index (κ2) is 4.97. The maximum absolute atomic E-state index is 4.63. The minimum absolute atomic E-state index is 0.359. The molecule has 0 N–H and O–H groups in total. The Labute approximate surface area is 117 Å². The molecule has 1 unspecified atom stereocenters. The average Bonchev–Trinajstić information content (AvgIpc) is 2.81. The first kappa shape index (κ1) is 14.1. The van der Waals surface area contributed by atoms with Crippen molar-refractivity contribution in [3.8, 4) is 0 Å². The Kier molecular flexibility index (Phi) is 3.68. The van der Waals surface area contributed by atoms with Crippen molar-refractivity contribution in [2.45, 2.75) is 46.3 Å². The summed E-state index contributed by atoms with van der Waals surface area (Å²) in [5.74, 6) is 0.359. The van der Waals surface area contributed by atoms with E-state index in [1.165, 1.54) is 22.4 Å². The quantitative estimate of drug-likeness (QED) is 0.760. The molecule has 2 rings (SSSR count). The third kappa shape index (κ3) is 2.81. The van der Waals surface area contributed by atoms with Crippen molar-refractivity contribution >= 4 is 8.24 Å². The number of imidazole rings is 1. The van der Waals surface area contributed by atoms with E-state index < -0.39 is 8.24 Å². The van der Waals surface area contributed by atoms with Gasteiger partial charge in [-0.3, -0.25) is 0 Å². The van der Waals surface area contributed by atoms with Crippen molar-refractivity contribution in [1.29, 1.82) is 0 Å². The lowest BCUT2D eigenvalue weighted by Crippen LogP contribution is -2.30. The van der Waals surface area contributed by atoms with Crippen molar-refractivity contribution in [2.75, 3.05) is 0 Å². The molecule has 0 aliphatic carbocycles. The summed E-state index contributed by atoms with van der Waals surface area (Å²) in [5.41, 5.74) is 5.31. The fourth-order valence-corrected chi connectivity index (χ4v) is 3.25. The summed E-state index contributed by atoms with van der Waals surface area (Å²) < 4.78 is 2.32. The lowest BCUT2D eigenvalue weighted by molar-refractivity contribution is 0.870. The van der Waals surface area contributed by atoms with Crippen LogP contribution < -0.4 is 0 Å². The molecular weight excluding hydrogens is 248 g/mol. The first-order valence-corrected chi connectivity index (χ1v) is 10.4. The Morgan fingerprint density at radius 1 is 1.16 bits per heavy atom. The van der Waals surface area contributed by atoms with Crippen molar-refractivity contribution < 1.29 is 0 Å². The molecule has 1 heterocycles. The highest BCUT2D eigenvalue weighted by Crippen LogP contribution is 2.27. The van der Waals surface area contributed by atoms with Gasteiger partial charge in [0.1, 0.15) is 0 Å². The van der Waals surface area contributed by atoms with Crippen LogP contribution in [0.1, 0.15) is 35.2 Å². The lowest BCUT2D eigenvalue weighted by Gasteiger charge is -2.18. The number of rotatable bonds is 3. The van der Waals surface area contributed by atoms with E-state index in [0.29, 0.717) is 5.92 Å². The fraction of sp³-hybridized carbons (Fsp3) is 0.438. The highest BCUT2D eigenvalue weighted by molar-refractivity contribution is 6.74. The summed E-state index contributed by atoms with van der Waals surface area (Å²) in [6, 6.07) is 6.54. The molecule has 0 aliphatic rings. The van der Waals surface area contributed by atoms with Crippen LogP contribution in [0.4, 0.5) is 0 Å². The molecule has 0 amide bonds. The van der Waals surface area contributed by atoms with Crippen LogP contribution in [0.25, 0.3) is 0 Å². The summed E-state index contributed by atoms with van der Waals surface area (Å²) in [4.78, 5) is 4.63. The zero-order chi connectivity index (χ0) is 14.2. The van der Waals surface area contributed by atoms with E-state index in [-0.39, 0.29) is 0 Å². The van der Waals surface area contributed by atoms with E-state index >= 15 is 0 Å². The van der Waals surface area contributed by atoms with Gasteiger partial charge in [0.05, 0.1) is 12.0 Å². The topological polar surface area (TPSA) is 17.8 Å². The molecule has 0 aliphatic heterocycles. The number of nitrogens with zero attached hydrogens (tertiary/aromatic N) is 2. The van der Waals surface area contributed by atoms with Gasteiger partial charge >= 0.3 is 0 Å². The Balaban J connectivity index is 2.37. The molecule has 0 saturated heterocycles. The number of aryl methyl sites for hydroxylation is 1. The van der Waals surface area contributed by atoms with E-state index in [0.717, 1.165) is 0 Å². The van der Waals surface area contributed by atoms with Crippen molar-refractivity contribution in [1.82, 2.24) is 9.22 Å². The summed E-state index contributed by atoms with van der Waals surface area (Å²) in [7, 11) is -1.33. The van der Waals surface area contributed by atoms with Gasteiger partial charge in [-0.25, -0.2) is 4.98 Å². The molecule has 0 spiro atoms. The Bertz CT molecular complexity index is 579. The molecule has 2 aromatic rings. The van der Waals surface area contributed by atoms with Crippen LogP contribution in [0, 0.1) is 13.8 Å². The highest BCUT2D eigenvalue weighted by atomic mass is 28.3. The Morgan fingerprint density at radius 3 is 2.42 bits per heavy atom. The van der Waals surface area contributed by atoms with E-state index in [1.807, 2.05) is 6.33 Å². The lowest BCUT2D eigenvalue weighted by atomic mass is 9.92. The molecule has 0 bridgehead atoms. The van der Waals surface area contributed by atoms with Gasteiger partial charge in [-0.2, -0.15) is 0 Å². The summed E-state index contributed by atoms with van der Waals surface area (Å²) in [6.07, 6.45) is 4.24. The predicted octanol–water partition coefficient (Wildman–Crippen LogP) is 4.33. The van der Waals surface area contributed by atoms with Crippen LogP contribution >= 0.6 is 0 Å². The third-order valence-electron chi connectivity index (χ3n) is 3.93. The highest BCUT2D eigenvalue weighted by Gasteiger charge is 2.19. The first-order valence-electron chi connectivity index (χ1n) is 6.91. The van der Waals surface area contributed by atoms with Crippen LogP contribution in [-0.2, 0) is 0 Å². The smallest absolute Gasteiger partial charge is 0.154 e.